The van der Waals surface area contributed by atoms with Crippen molar-refractivity contribution >= 4 is 29.1 Å². The van der Waals surface area contributed by atoms with Gasteiger partial charge in [-0.05, 0) is 38.0 Å². The normalized spacial score (nSPS) is 38.7. The van der Waals surface area contributed by atoms with E-state index in [0.717, 1.165) is 12.8 Å². The van der Waals surface area contributed by atoms with E-state index in [1.807, 2.05) is 6.92 Å². The molecule has 0 aliphatic carbocycles. The van der Waals surface area contributed by atoms with Crippen molar-refractivity contribution in [1.82, 2.24) is 0 Å². The lowest BCUT2D eigenvalue weighted by molar-refractivity contribution is -0.126. The minimum Gasteiger partial charge on any atom is -0.370 e. The van der Waals surface area contributed by atoms with Crippen LogP contribution in [0.1, 0.15) is 19.8 Å². The van der Waals surface area contributed by atoms with E-state index < -0.39 is 5.60 Å². The first-order valence-electron chi connectivity index (χ1n) is 6.82. The third-order valence-electron chi connectivity index (χ3n) is 4.82. The summed E-state index contributed by atoms with van der Waals surface area (Å²) >= 11 is 5.96. The van der Waals surface area contributed by atoms with Crippen LogP contribution in [0.2, 0.25) is 5.02 Å². The molecule has 104 valence electrons. The van der Waals surface area contributed by atoms with Crippen LogP contribution in [-0.2, 0) is 14.3 Å². The monoisotopic (exact) mass is 291 g/mol. The zero-order valence-electron chi connectivity index (χ0n) is 11.0. The number of ether oxygens (including phenoxy) is 1. The second-order valence-corrected chi connectivity index (χ2v) is 6.44. The second-order valence-electron chi connectivity index (χ2n) is 6.00. The summed E-state index contributed by atoms with van der Waals surface area (Å²) in [6.07, 6.45) is 1.60. The topological polar surface area (TPSA) is 46.6 Å². The molecule has 0 aromatic heterocycles. The van der Waals surface area contributed by atoms with Crippen LogP contribution >= 0.6 is 11.6 Å². The minimum absolute atomic E-state index is 0.106. The van der Waals surface area contributed by atoms with Crippen LogP contribution in [0.3, 0.4) is 0 Å². The summed E-state index contributed by atoms with van der Waals surface area (Å²) in [7, 11) is 0. The van der Waals surface area contributed by atoms with Crippen molar-refractivity contribution in [1.29, 1.82) is 0 Å². The predicted octanol–water partition coefficient (Wildman–Crippen LogP) is 2.40. The number of nitrogens with zero attached hydrogens (tertiary/aromatic N) is 1. The van der Waals surface area contributed by atoms with Crippen molar-refractivity contribution in [3.63, 3.8) is 0 Å². The van der Waals surface area contributed by atoms with Gasteiger partial charge in [-0.25, -0.2) is 4.90 Å². The maximum atomic E-state index is 12.7. The van der Waals surface area contributed by atoms with Gasteiger partial charge >= 0.3 is 0 Å². The third-order valence-corrected chi connectivity index (χ3v) is 5.06. The second kappa shape index (κ2) is 3.83. The van der Waals surface area contributed by atoms with E-state index in [2.05, 4.69) is 0 Å². The summed E-state index contributed by atoms with van der Waals surface area (Å²) in [5.41, 5.74) is 0.0833. The first-order valence-corrected chi connectivity index (χ1v) is 7.20. The lowest BCUT2D eigenvalue weighted by Crippen LogP contribution is -2.39. The van der Waals surface area contributed by atoms with Crippen molar-refractivity contribution in [2.45, 2.75) is 31.5 Å². The van der Waals surface area contributed by atoms with Crippen LogP contribution in [0.4, 0.5) is 5.69 Å². The number of amides is 2. The average molecular weight is 292 g/mol. The maximum absolute atomic E-state index is 12.7. The number of hydrogen-bond donors (Lipinski definition) is 0. The summed E-state index contributed by atoms with van der Waals surface area (Å²) in [6, 6.07) is 6.88. The molecule has 5 heteroatoms. The number of benzene rings is 1. The van der Waals surface area contributed by atoms with Gasteiger partial charge in [0.1, 0.15) is 0 Å². The summed E-state index contributed by atoms with van der Waals surface area (Å²) < 4.78 is 5.88. The standard InChI is InChI=1S/C15H14ClNO3/c1-15-6-5-10(20-15)11-12(15)14(19)17(13(11)18)9-4-2-3-8(16)7-9/h2-4,7,10-12H,5-6H2,1H3/t10-,11-,12+,15+/m1/s1. The molecule has 3 aliphatic rings. The fourth-order valence-electron chi connectivity index (χ4n) is 3.95. The molecule has 0 radical (unpaired) electrons. The number of carbonyl (C=O) groups excluding carboxylic acids is 2. The van der Waals surface area contributed by atoms with E-state index in [1.54, 1.807) is 24.3 Å². The third kappa shape index (κ3) is 1.41. The highest BCUT2D eigenvalue weighted by atomic mass is 35.5. The Morgan fingerprint density at radius 1 is 1.35 bits per heavy atom. The number of imide groups is 1. The molecule has 3 saturated heterocycles. The van der Waals surface area contributed by atoms with Crippen molar-refractivity contribution < 1.29 is 14.3 Å². The fourth-order valence-corrected chi connectivity index (χ4v) is 4.14. The smallest absolute Gasteiger partial charge is 0.240 e. The zero-order chi connectivity index (χ0) is 14.1. The Bertz CT molecular complexity index is 631. The van der Waals surface area contributed by atoms with Crippen LogP contribution < -0.4 is 4.90 Å². The van der Waals surface area contributed by atoms with E-state index >= 15 is 0 Å². The molecule has 4 rings (SSSR count). The van der Waals surface area contributed by atoms with Gasteiger partial charge in [-0.2, -0.15) is 0 Å². The summed E-state index contributed by atoms with van der Waals surface area (Å²) in [4.78, 5) is 26.6. The Balaban J connectivity index is 1.78. The van der Waals surface area contributed by atoms with Crippen molar-refractivity contribution in [2.75, 3.05) is 4.90 Å². The molecular weight excluding hydrogens is 278 g/mol. The van der Waals surface area contributed by atoms with Gasteiger partial charge in [0.15, 0.2) is 0 Å². The van der Waals surface area contributed by atoms with Gasteiger partial charge in [0.05, 0.1) is 29.2 Å². The highest BCUT2D eigenvalue weighted by Gasteiger charge is 2.67. The Morgan fingerprint density at radius 3 is 2.85 bits per heavy atom. The fraction of sp³-hybridized carbons (Fsp3) is 0.467. The largest absolute Gasteiger partial charge is 0.370 e. The van der Waals surface area contributed by atoms with Gasteiger partial charge in [0.2, 0.25) is 11.8 Å². The number of hydrogen-bond acceptors (Lipinski definition) is 3. The Hall–Kier alpha value is -1.39. The zero-order valence-corrected chi connectivity index (χ0v) is 11.8. The molecule has 3 heterocycles. The lowest BCUT2D eigenvalue weighted by atomic mass is 9.74. The quantitative estimate of drug-likeness (QED) is 0.747. The number of fused-ring (bicyclic) bond motifs is 5. The van der Waals surface area contributed by atoms with Crippen molar-refractivity contribution in [3.8, 4) is 0 Å². The Morgan fingerprint density at radius 2 is 2.15 bits per heavy atom. The lowest BCUT2D eigenvalue weighted by Gasteiger charge is -2.26. The van der Waals surface area contributed by atoms with Crippen LogP contribution in [-0.4, -0.2) is 23.5 Å². The predicted molar refractivity (Wildman–Crippen MR) is 73.4 cm³/mol. The van der Waals surface area contributed by atoms with E-state index in [-0.39, 0.29) is 29.8 Å². The first-order chi connectivity index (χ1) is 9.51. The van der Waals surface area contributed by atoms with E-state index in [1.165, 1.54) is 4.90 Å². The van der Waals surface area contributed by atoms with Crippen LogP contribution in [0.25, 0.3) is 0 Å². The molecule has 2 amide bonds. The molecule has 4 atom stereocenters. The molecule has 0 saturated carbocycles. The molecule has 1 aromatic rings. The van der Waals surface area contributed by atoms with Gasteiger partial charge in [0, 0.05) is 5.02 Å². The number of anilines is 1. The van der Waals surface area contributed by atoms with Crippen LogP contribution in [0.5, 0.6) is 0 Å². The van der Waals surface area contributed by atoms with Gasteiger partial charge in [-0.3, -0.25) is 9.59 Å². The van der Waals surface area contributed by atoms with Crippen LogP contribution in [0, 0.1) is 11.8 Å². The molecule has 0 spiro atoms. The molecule has 3 fully saturated rings. The van der Waals surface area contributed by atoms with Crippen molar-refractivity contribution in [2.24, 2.45) is 11.8 Å². The van der Waals surface area contributed by atoms with E-state index in [0.29, 0.717) is 10.7 Å². The Labute approximate surface area is 121 Å². The van der Waals surface area contributed by atoms with Crippen LogP contribution in [0.15, 0.2) is 24.3 Å². The van der Waals surface area contributed by atoms with E-state index in [9.17, 15) is 9.59 Å². The van der Waals surface area contributed by atoms with Gasteiger partial charge in [-0.1, -0.05) is 17.7 Å². The number of rotatable bonds is 1. The van der Waals surface area contributed by atoms with Gasteiger partial charge in [-0.15, -0.1) is 0 Å². The van der Waals surface area contributed by atoms with Gasteiger partial charge in [0.25, 0.3) is 0 Å². The molecular formula is C15H14ClNO3. The molecule has 2 bridgehead atoms. The molecule has 4 nitrogen and oxygen atoms in total. The highest BCUT2D eigenvalue weighted by molar-refractivity contribution is 6.31. The van der Waals surface area contributed by atoms with Crippen molar-refractivity contribution in [3.05, 3.63) is 29.3 Å². The molecule has 3 aliphatic heterocycles. The molecule has 0 unspecified atom stereocenters. The summed E-state index contributed by atoms with van der Waals surface area (Å²) in [5.74, 6) is -0.948. The number of halogens is 1. The molecule has 0 N–H and O–H groups in total. The minimum atomic E-state index is -0.477. The summed E-state index contributed by atoms with van der Waals surface area (Å²) in [6.45, 7) is 1.95. The Kier molecular flexibility index (Phi) is 2.37. The first kappa shape index (κ1) is 12.4. The molecule has 20 heavy (non-hydrogen) atoms. The molecule has 1 aromatic carbocycles. The SMILES string of the molecule is C[C@@]12CC[C@@H](O1)[C@H]1C(=O)N(c3cccc(Cl)c3)C(=O)[C@H]12. The van der Waals surface area contributed by atoms with Gasteiger partial charge < -0.3 is 4.74 Å². The average Bonchev–Trinajstić information content (AvgIpc) is 2.99. The van der Waals surface area contributed by atoms with E-state index in [4.69, 9.17) is 16.3 Å². The number of carbonyl (C=O) groups is 2. The maximum Gasteiger partial charge on any atom is 0.240 e. The summed E-state index contributed by atoms with van der Waals surface area (Å²) in [5, 5.41) is 0.519. The highest BCUT2D eigenvalue weighted by Crippen LogP contribution is 2.55.